The van der Waals surface area contributed by atoms with E-state index in [0.29, 0.717) is 29.9 Å². The number of hydrogen-bond donors (Lipinski definition) is 1. The van der Waals surface area contributed by atoms with Crippen molar-refractivity contribution in [1.29, 1.82) is 0 Å². The fraction of sp³-hybridized carbons (Fsp3) is 0.444. The van der Waals surface area contributed by atoms with Crippen molar-refractivity contribution in [3.8, 4) is 5.75 Å². The molecule has 2 heterocycles. The lowest BCUT2D eigenvalue weighted by Gasteiger charge is -2.10. The molecule has 1 saturated heterocycles. The van der Waals surface area contributed by atoms with Crippen LogP contribution in [0.4, 0.5) is 0 Å². The number of fused-ring (bicyclic) bond motifs is 1. The highest BCUT2D eigenvalue weighted by molar-refractivity contribution is 5.96. The van der Waals surface area contributed by atoms with Gasteiger partial charge in [-0.25, -0.2) is 4.79 Å². The van der Waals surface area contributed by atoms with Gasteiger partial charge in [0.25, 0.3) is 5.91 Å². The highest BCUT2D eigenvalue weighted by Gasteiger charge is 2.19. The van der Waals surface area contributed by atoms with E-state index in [1.54, 1.807) is 24.3 Å². The zero-order valence-electron chi connectivity index (χ0n) is 13.7. The maximum Gasteiger partial charge on any atom is 0.349 e. The molecule has 1 N–H and O–H groups in total. The lowest BCUT2D eigenvalue weighted by Crippen LogP contribution is -2.34. The highest BCUT2D eigenvalue weighted by Crippen LogP contribution is 2.20. The molecule has 0 aliphatic carbocycles. The van der Waals surface area contributed by atoms with E-state index in [1.807, 2.05) is 6.92 Å². The molecule has 6 nitrogen and oxygen atoms in total. The van der Waals surface area contributed by atoms with Gasteiger partial charge in [0.1, 0.15) is 16.9 Å². The van der Waals surface area contributed by atoms with Gasteiger partial charge >= 0.3 is 5.63 Å². The Labute approximate surface area is 139 Å². The topological polar surface area (TPSA) is 77.8 Å². The van der Waals surface area contributed by atoms with Crippen LogP contribution < -0.4 is 15.7 Å². The van der Waals surface area contributed by atoms with Gasteiger partial charge in [0, 0.05) is 24.6 Å². The monoisotopic (exact) mass is 331 g/mol. The minimum atomic E-state index is -0.653. The Hall–Kier alpha value is -2.34. The van der Waals surface area contributed by atoms with Gasteiger partial charge < -0.3 is 19.2 Å². The molecule has 1 aliphatic rings. The van der Waals surface area contributed by atoms with Crippen molar-refractivity contribution in [3.63, 3.8) is 0 Å². The second-order valence-electron chi connectivity index (χ2n) is 5.84. The Morgan fingerprint density at radius 1 is 1.38 bits per heavy atom. The first-order chi connectivity index (χ1) is 11.7. The van der Waals surface area contributed by atoms with Crippen molar-refractivity contribution < 1.29 is 18.7 Å². The molecule has 6 heteroatoms. The van der Waals surface area contributed by atoms with Gasteiger partial charge in [-0.1, -0.05) is 6.92 Å². The molecule has 1 aromatic carbocycles. The Morgan fingerprint density at radius 3 is 3.00 bits per heavy atom. The molecule has 1 amide bonds. The summed E-state index contributed by atoms with van der Waals surface area (Å²) in [5.74, 6) is 0.204. The first-order valence-corrected chi connectivity index (χ1v) is 8.28. The zero-order valence-corrected chi connectivity index (χ0v) is 13.7. The molecule has 3 rings (SSSR count). The normalized spacial score (nSPS) is 17.1. The number of amides is 1. The Kier molecular flexibility index (Phi) is 5.15. The lowest BCUT2D eigenvalue weighted by molar-refractivity contribution is 0.0855. The van der Waals surface area contributed by atoms with E-state index in [4.69, 9.17) is 13.9 Å². The van der Waals surface area contributed by atoms with Crippen LogP contribution in [0.15, 0.2) is 33.5 Å². The fourth-order valence-electron chi connectivity index (χ4n) is 2.67. The third kappa shape index (κ3) is 3.76. The molecule has 2 aromatic rings. The van der Waals surface area contributed by atoms with Crippen molar-refractivity contribution in [1.82, 2.24) is 5.32 Å². The minimum absolute atomic E-state index is 0.00252. The third-order valence-corrected chi connectivity index (χ3v) is 3.94. The number of carbonyl (C=O) groups is 1. The average Bonchev–Trinajstić information content (AvgIpc) is 3.10. The molecule has 24 heavy (non-hydrogen) atoms. The second kappa shape index (κ2) is 7.49. The van der Waals surface area contributed by atoms with Crippen LogP contribution in [-0.4, -0.2) is 31.8 Å². The van der Waals surface area contributed by atoms with Crippen LogP contribution in [0.5, 0.6) is 5.75 Å². The van der Waals surface area contributed by atoms with Gasteiger partial charge in [-0.15, -0.1) is 0 Å². The second-order valence-corrected chi connectivity index (χ2v) is 5.84. The van der Waals surface area contributed by atoms with Crippen molar-refractivity contribution in [2.75, 3.05) is 19.8 Å². The summed E-state index contributed by atoms with van der Waals surface area (Å²) in [5, 5.41) is 3.42. The van der Waals surface area contributed by atoms with Crippen LogP contribution in [0.3, 0.4) is 0 Å². The number of carbonyl (C=O) groups excluding carboxylic acids is 1. The summed E-state index contributed by atoms with van der Waals surface area (Å²) in [4.78, 5) is 24.3. The van der Waals surface area contributed by atoms with E-state index in [1.165, 1.54) is 0 Å². The molecular formula is C18H21NO5. The van der Waals surface area contributed by atoms with Crippen molar-refractivity contribution in [2.45, 2.75) is 32.3 Å². The largest absolute Gasteiger partial charge is 0.493 e. The predicted octanol–water partition coefficient (Wildman–Crippen LogP) is 2.49. The van der Waals surface area contributed by atoms with Crippen LogP contribution in [0.2, 0.25) is 0 Å². The van der Waals surface area contributed by atoms with Crippen LogP contribution in [-0.2, 0) is 4.74 Å². The summed E-state index contributed by atoms with van der Waals surface area (Å²) < 4.78 is 16.3. The maximum absolute atomic E-state index is 12.2. The first kappa shape index (κ1) is 16.5. The summed E-state index contributed by atoms with van der Waals surface area (Å²) in [7, 11) is 0. The van der Waals surface area contributed by atoms with Gasteiger partial charge in [0.15, 0.2) is 0 Å². The molecule has 0 saturated carbocycles. The summed E-state index contributed by atoms with van der Waals surface area (Å²) in [5.41, 5.74) is -0.244. The van der Waals surface area contributed by atoms with Gasteiger partial charge in [0.2, 0.25) is 0 Å². The molecule has 0 radical (unpaired) electrons. The van der Waals surface area contributed by atoms with E-state index in [0.717, 1.165) is 25.9 Å². The molecule has 1 unspecified atom stereocenters. The number of nitrogens with one attached hydrogen (secondary N) is 1. The highest BCUT2D eigenvalue weighted by atomic mass is 16.5. The SMILES string of the molecule is CCCOc1ccc2cc(C(=O)NCC3CCCO3)c(=O)oc2c1. The molecule has 1 aromatic heterocycles. The third-order valence-electron chi connectivity index (χ3n) is 3.94. The Bertz CT molecular complexity index is 777. The number of benzene rings is 1. The fourth-order valence-corrected chi connectivity index (χ4v) is 2.67. The maximum atomic E-state index is 12.2. The van der Waals surface area contributed by atoms with E-state index in [2.05, 4.69) is 5.32 Å². The van der Waals surface area contributed by atoms with Gasteiger partial charge in [-0.2, -0.15) is 0 Å². The van der Waals surface area contributed by atoms with E-state index in [-0.39, 0.29) is 11.7 Å². The van der Waals surface area contributed by atoms with Crippen molar-refractivity contribution in [2.24, 2.45) is 0 Å². The van der Waals surface area contributed by atoms with Crippen LogP contribution in [0.1, 0.15) is 36.5 Å². The van der Waals surface area contributed by atoms with E-state index >= 15 is 0 Å². The lowest BCUT2D eigenvalue weighted by atomic mass is 10.1. The summed E-state index contributed by atoms with van der Waals surface area (Å²) >= 11 is 0. The Balaban J connectivity index is 1.76. The summed E-state index contributed by atoms with van der Waals surface area (Å²) in [6, 6.07) is 6.79. The molecule has 1 fully saturated rings. The number of hydrogen-bond acceptors (Lipinski definition) is 5. The molecule has 0 spiro atoms. The summed E-state index contributed by atoms with van der Waals surface area (Å²) in [6.07, 6.45) is 2.85. The molecule has 128 valence electrons. The number of ether oxygens (including phenoxy) is 2. The Morgan fingerprint density at radius 2 is 2.25 bits per heavy atom. The molecule has 0 bridgehead atoms. The van der Waals surface area contributed by atoms with Gasteiger partial charge in [-0.3, -0.25) is 4.79 Å². The zero-order chi connectivity index (χ0) is 16.9. The van der Waals surface area contributed by atoms with Gasteiger partial charge in [0.05, 0.1) is 12.7 Å². The smallest absolute Gasteiger partial charge is 0.349 e. The van der Waals surface area contributed by atoms with Gasteiger partial charge in [-0.05, 0) is 37.5 Å². The quantitative estimate of drug-likeness (QED) is 0.823. The molecular weight excluding hydrogens is 310 g/mol. The van der Waals surface area contributed by atoms with Crippen LogP contribution in [0, 0.1) is 0 Å². The predicted molar refractivity (Wildman–Crippen MR) is 89.6 cm³/mol. The van der Waals surface area contributed by atoms with E-state index < -0.39 is 11.5 Å². The minimum Gasteiger partial charge on any atom is -0.493 e. The molecule has 1 aliphatic heterocycles. The van der Waals surface area contributed by atoms with Crippen molar-refractivity contribution in [3.05, 3.63) is 40.2 Å². The molecule has 1 atom stereocenters. The van der Waals surface area contributed by atoms with Crippen LogP contribution >= 0.6 is 0 Å². The number of rotatable bonds is 6. The first-order valence-electron chi connectivity index (χ1n) is 8.28. The average molecular weight is 331 g/mol. The van der Waals surface area contributed by atoms with E-state index in [9.17, 15) is 9.59 Å². The van der Waals surface area contributed by atoms with Crippen LogP contribution in [0.25, 0.3) is 11.0 Å². The van der Waals surface area contributed by atoms with Crippen molar-refractivity contribution >= 4 is 16.9 Å². The standard InChI is InChI=1S/C18H21NO5/c1-2-7-22-13-6-5-12-9-15(18(21)24-16(12)10-13)17(20)19-11-14-4-3-8-23-14/h5-6,9-10,14H,2-4,7-8,11H2,1H3,(H,19,20). The summed E-state index contributed by atoms with van der Waals surface area (Å²) in [6.45, 7) is 3.74.